The van der Waals surface area contributed by atoms with Crippen LogP contribution < -0.4 is 5.32 Å². The quantitative estimate of drug-likeness (QED) is 0.805. The van der Waals surface area contributed by atoms with Crippen molar-refractivity contribution in [2.24, 2.45) is 0 Å². The fourth-order valence-corrected chi connectivity index (χ4v) is 3.50. The molecule has 0 aliphatic carbocycles. The lowest BCUT2D eigenvalue weighted by atomic mass is 9.97. The van der Waals surface area contributed by atoms with E-state index in [0.717, 1.165) is 12.0 Å². The molecular formula is C22H26N2O4. The Bertz CT molecular complexity index is 809. The summed E-state index contributed by atoms with van der Waals surface area (Å²) in [5, 5.41) is 12.6. The lowest BCUT2D eigenvalue weighted by molar-refractivity contribution is -0.116. The van der Waals surface area contributed by atoms with E-state index in [-0.39, 0.29) is 24.5 Å². The number of carbonyl (C=O) groups excluding carboxylic acids is 2. The van der Waals surface area contributed by atoms with Crippen molar-refractivity contribution in [2.45, 2.75) is 31.9 Å². The molecule has 2 aromatic carbocycles. The number of hydrogen-bond acceptors (Lipinski definition) is 4. The summed E-state index contributed by atoms with van der Waals surface area (Å²) in [6, 6.07) is 16.2. The molecule has 2 amide bonds. The predicted molar refractivity (Wildman–Crippen MR) is 107 cm³/mol. The van der Waals surface area contributed by atoms with Gasteiger partial charge in [-0.2, -0.15) is 0 Å². The molecular weight excluding hydrogens is 356 g/mol. The Kier molecular flexibility index (Phi) is 6.79. The number of rotatable bonds is 6. The molecule has 2 atom stereocenters. The van der Waals surface area contributed by atoms with E-state index in [1.54, 1.807) is 29.2 Å². The van der Waals surface area contributed by atoms with Gasteiger partial charge in [-0.1, -0.05) is 43.3 Å². The second-order valence-electron chi connectivity index (χ2n) is 6.82. The predicted octanol–water partition coefficient (Wildman–Crippen LogP) is 3.00. The molecule has 0 unspecified atom stereocenters. The van der Waals surface area contributed by atoms with Crippen LogP contribution in [0.3, 0.4) is 0 Å². The Balaban J connectivity index is 1.86. The minimum atomic E-state index is -0.479. The van der Waals surface area contributed by atoms with Crippen LogP contribution in [-0.4, -0.2) is 47.7 Å². The maximum atomic E-state index is 13.3. The number of carbonyl (C=O) groups is 2. The third-order valence-corrected chi connectivity index (χ3v) is 4.80. The van der Waals surface area contributed by atoms with Gasteiger partial charge >= 0.3 is 0 Å². The molecule has 0 aromatic heterocycles. The number of benzene rings is 2. The molecule has 3 rings (SSSR count). The summed E-state index contributed by atoms with van der Waals surface area (Å²) in [7, 11) is 0. The Morgan fingerprint density at radius 3 is 2.68 bits per heavy atom. The van der Waals surface area contributed by atoms with E-state index in [9.17, 15) is 14.7 Å². The van der Waals surface area contributed by atoms with Crippen molar-refractivity contribution in [3.63, 3.8) is 0 Å². The molecule has 28 heavy (non-hydrogen) atoms. The number of nitrogens with zero attached hydrogens (tertiary/aromatic N) is 1. The van der Waals surface area contributed by atoms with Crippen LogP contribution in [0.4, 0.5) is 5.69 Å². The molecule has 2 aromatic rings. The number of morpholine rings is 1. The first-order valence-electron chi connectivity index (χ1n) is 9.62. The minimum absolute atomic E-state index is 0.0685. The molecule has 1 aliphatic heterocycles. The average Bonchev–Trinajstić information content (AvgIpc) is 2.73. The van der Waals surface area contributed by atoms with Gasteiger partial charge < -0.3 is 20.1 Å². The van der Waals surface area contributed by atoms with Gasteiger partial charge in [-0.25, -0.2) is 0 Å². The van der Waals surface area contributed by atoms with Crippen LogP contribution in [0, 0.1) is 0 Å². The summed E-state index contributed by atoms with van der Waals surface area (Å²) in [5.74, 6) is -0.219. The van der Waals surface area contributed by atoms with Crippen LogP contribution in [0.1, 0.15) is 41.7 Å². The van der Waals surface area contributed by atoms with Crippen LogP contribution in [0.25, 0.3) is 0 Å². The zero-order valence-electron chi connectivity index (χ0n) is 16.0. The monoisotopic (exact) mass is 382 g/mol. The van der Waals surface area contributed by atoms with Gasteiger partial charge in [0.1, 0.15) is 6.10 Å². The summed E-state index contributed by atoms with van der Waals surface area (Å²) in [6.45, 7) is 2.57. The molecule has 0 bridgehead atoms. The molecule has 0 radical (unpaired) electrons. The fraction of sp³-hybridized carbons (Fsp3) is 0.364. The van der Waals surface area contributed by atoms with E-state index in [2.05, 4.69) is 5.32 Å². The molecule has 1 fully saturated rings. The zero-order chi connectivity index (χ0) is 19.9. The average molecular weight is 382 g/mol. The Hall–Kier alpha value is -2.70. The molecule has 0 saturated carbocycles. The van der Waals surface area contributed by atoms with E-state index in [1.165, 1.54) is 0 Å². The number of nitrogens with one attached hydrogen (secondary N) is 1. The van der Waals surface area contributed by atoms with Crippen molar-refractivity contribution < 1.29 is 19.4 Å². The van der Waals surface area contributed by atoms with Crippen molar-refractivity contribution in [1.29, 1.82) is 0 Å². The highest BCUT2D eigenvalue weighted by molar-refractivity contribution is 5.97. The van der Waals surface area contributed by atoms with E-state index in [1.807, 2.05) is 37.3 Å². The van der Waals surface area contributed by atoms with E-state index in [0.29, 0.717) is 30.8 Å². The number of anilines is 1. The van der Waals surface area contributed by atoms with Crippen LogP contribution >= 0.6 is 0 Å². The molecule has 6 heteroatoms. The number of ether oxygens (including phenoxy) is 1. The van der Waals surface area contributed by atoms with E-state index in [4.69, 9.17) is 4.74 Å². The second-order valence-corrected chi connectivity index (χ2v) is 6.82. The van der Waals surface area contributed by atoms with Crippen LogP contribution in [0.15, 0.2) is 54.6 Å². The fourth-order valence-electron chi connectivity index (χ4n) is 3.50. The van der Waals surface area contributed by atoms with Gasteiger partial charge in [-0.3, -0.25) is 9.59 Å². The van der Waals surface area contributed by atoms with Crippen molar-refractivity contribution >= 4 is 17.5 Å². The highest BCUT2D eigenvalue weighted by Gasteiger charge is 2.36. The first-order valence-corrected chi connectivity index (χ1v) is 9.62. The van der Waals surface area contributed by atoms with Gasteiger partial charge in [-0.05, 0) is 30.2 Å². The smallest absolute Gasteiger partial charge is 0.254 e. The van der Waals surface area contributed by atoms with Gasteiger partial charge in [0.05, 0.1) is 19.3 Å². The lowest BCUT2D eigenvalue weighted by Crippen LogP contribution is -2.49. The highest BCUT2D eigenvalue weighted by Crippen LogP contribution is 2.31. The summed E-state index contributed by atoms with van der Waals surface area (Å²) >= 11 is 0. The van der Waals surface area contributed by atoms with Gasteiger partial charge in [0, 0.05) is 24.2 Å². The molecule has 2 N–H and O–H groups in total. The third-order valence-electron chi connectivity index (χ3n) is 4.80. The number of hydrogen-bond donors (Lipinski definition) is 2. The van der Waals surface area contributed by atoms with Crippen molar-refractivity contribution in [3.05, 3.63) is 65.7 Å². The molecule has 148 valence electrons. The van der Waals surface area contributed by atoms with Crippen LogP contribution in [0.5, 0.6) is 0 Å². The number of amides is 2. The largest absolute Gasteiger partial charge is 0.394 e. The van der Waals surface area contributed by atoms with Crippen molar-refractivity contribution in [1.82, 2.24) is 4.90 Å². The summed E-state index contributed by atoms with van der Waals surface area (Å²) in [4.78, 5) is 26.9. The first-order chi connectivity index (χ1) is 13.6. The van der Waals surface area contributed by atoms with Gasteiger partial charge in [-0.15, -0.1) is 0 Å². The molecule has 1 saturated heterocycles. The van der Waals surface area contributed by atoms with Crippen molar-refractivity contribution in [3.8, 4) is 0 Å². The van der Waals surface area contributed by atoms with Crippen LogP contribution in [-0.2, 0) is 9.53 Å². The molecule has 0 spiro atoms. The maximum Gasteiger partial charge on any atom is 0.254 e. The SMILES string of the molecule is CCCC(=O)Nc1cccc(C(=O)N2CCO[C@H](CO)[C@H]2c2ccccc2)c1. The summed E-state index contributed by atoms with van der Waals surface area (Å²) < 4.78 is 5.71. The zero-order valence-corrected chi connectivity index (χ0v) is 16.0. The van der Waals surface area contributed by atoms with E-state index < -0.39 is 6.10 Å². The first kappa shape index (κ1) is 20.0. The Morgan fingerprint density at radius 1 is 1.18 bits per heavy atom. The summed E-state index contributed by atoms with van der Waals surface area (Å²) in [6.07, 6.45) is 0.725. The minimum Gasteiger partial charge on any atom is -0.394 e. The highest BCUT2D eigenvalue weighted by atomic mass is 16.5. The normalized spacial score (nSPS) is 19.3. The number of aliphatic hydroxyl groups is 1. The van der Waals surface area contributed by atoms with E-state index >= 15 is 0 Å². The molecule has 1 aliphatic rings. The van der Waals surface area contributed by atoms with Gasteiger partial charge in [0.25, 0.3) is 5.91 Å². The molecule has 1 heterocycles. The summed E-state index contributed by atoms with van der Waals surface area (Å²) in [5.41, 5.74) is 2.02. The molecule has 6 nitrogen and oxygen atoms in total. The Labute approximate surface area is 165 Å². The standard InChI is InChI=1S/C22H26N2O4/c1-2-7-20(26)23-18-11-6-10-17(14-18)22(27)24-12-13-28-19(15-25)21(24)16-8-4-3-5-9-16/h3-6,8-11,14,19,21,25H,2,7,12-13,15H2,1H3,(H,23,26)/t19-,21-/m1/s1. The van der Waals surface area contributed by atoms with Gasteiger partial charge in [0.15, 0.2) is 0 Å². The third kappa shape index (κ3) is 4.58. The van der Waals surface area contributed by atoms with Crippen molar-refractivity contribution in [2.75, 3.05) is 25.1 Å². The maximum absolute atomic E-state index is 13.3. The van der Waals surface area contributed by atoms with Gasteiger partial charge in [0.2, 0.25) is 5.91 Å². The van der Waals surface area contributed by atoms with Crippen LogP contribution in [0.2, 0.25) is 0 Å². The second kappa shape index (κ2) is 9.48. The Morgan fingerprint density at radius 2 is 1.96 bits per heavy atom. The number of aliphatic hydroxyl groups excluding tert-OH is 1. The lowest BCUT2D eigenvalue weighted by Gasteiger charge is -2.41. The topological polar surface area (TPSA) is 78.9 Å².